The molecular formula is C16H21F3N4O3. The van der Waals surface area contributed by atoms with E-state index in [0.717, 1.165) is 12.1 Å². The molecule has 0 radical (unpaired) electrons. The van der Waals surface area contributed by atoms with Gasteiger partial charge in [-0.1, -0.05) is 6.07 Å². The van der Waals surface area contributed by atoms with Crippen molar-refractivity contribution in [2.24, 2.45) is 0 Å². The fourth-order valence-corrected chi connectivity index (χ4v) is 2.29. The van der Waals surface area contributed by atoms with Gasteiger partial charge in [-0.05, 0) is 32.9 Å². The van der Waals surface area contributed by atoms with Crippen LogP contribution in [0.4, 0.5) is 23.8 Å². The van der Waals surface area contributed by atoms with Crippen LogP contribution in [-0.4, -0.2) is 53.2 Å². The van der Waals surface area contributed by atoms with Gasteiger partial charge in [-0.2, -0.15) is 13.2 Å². The largest absolute Gasteiger partial charge is 0.444 e. The van der Waals surface area contributed by atoms with Gasteiger partial charge < -0.3 is 20.3 Å². The summed E-state index contributed by atoms with van der Waals surface area (Å²) in [6, 6.07) is 2.46. The number of aromatic nitrogens is 1. The zero-order valence-corrected chi connectivity index (χ0v) is 14.7. The van der Waals surface area contributed by atoms with Gasteiger partial charge in [-0.15, -0.1) is 0 Å². The Hall–Kier alpha value is -2.36. The van der Waals surface area contributed by atoms with Crippen molar-refractivity contribution in [2.75, 3.05) is 25.0 Å². The lowest BCUT2D eigenvalue weighted by Gasteiger charge is -2.34. The zero-order valence-electron chi connectivity index (χ0n) is 14.7. The number of carbonyl (C=O) groups is 2. The van der Waals surface area contributed by atoms with Gasteiger partial charge in [0, 0.05) is 19.6 Å². The van der Waals surface area contributed by atoms with Crippen LogP contribution in [0.3, 0.4) is 0 Å². The van der Waals surface area contributed by atoms with Gasteiger partial charge >= 0.3 is 12.3 Å². The summed E-state index contributed by atoms with van der Waals surface area (Å²) >= 11 is 0. The predicted molar refractivity (Wildman–Crippen MR) is 87.5 cm³/mol. The minimum Gasteiger partial charge on any atom is -0.444 e. The number of alkyl halides is 3. The number of ether oxygens (including phenoxy) is 1. The van der Waals surface area contributed by atoms with E-state index in [2.05, 4.69) is 15.6 Å². The van der Waals surface area contributed by atoms with Gasteiger partial charge in [0.05, 0.1) is 0 Å². The molecule has 10 heteroatoms. The van der Waals surface area contributed by atoms with Gasteiger partial charge in [-0.3, -0.25) is 4.79 Å². The van der Waals surface area contributed by atoms with Gasteiger partial charge in [-0.25, -0.2) is 9.78 Å². The summed E-state index contributed by atoms with van der Waals surface area (Å²) in [5.74, 6) is -0.786. The van der Waals surface area contributed by atoms with Crippen LogP contribution in [0.5, 0.6) is 0 Å². The lowest BCUT2D eigenvalue weighted by atomic mass is 10.2. The number of nitrogens with zero attached hydrogens (tertiary/aromatic N) is 2. The number of nitrogens with one attached hydrogen (secondary N) is 2. The topological polar surface area (TPSA) is 83.6 Å². The van der Waals surface area contributed by atoms with E-state index in [1.165, 1.54) is 11.0 Å². The molecule has 2 heterocycles. The highest BCUT2D eigenvalue weighted by Crippen LogP contribution is 2.28. The van der Waals surface area contributed by atoms with Crippen LogP contribution in [0, 0.1) is 0 Å². The van der Waals surface area contributed by atoms with Crippen LogP contribution in [0.15, 0.2) is 18.2 Å². The smallest absolute Gasteiger partial charge is 0.433 e. The van der Waals surface area contributed by atoms with Crippen LogP contribution >= 0.6 is 0 Å². The van der Waals surface area contributed by atoms with Crippen molar-refractivity contribution in [3.63, 3.8) is 0 Å². The summed E-state index contributed by atoms with van der Waals surface area (Å²) in [5, 5.41) is 5.26. The maximum absolute atomic E-state index is 12.7. The lowest BCUT2D eigenvalue weighted by Crippen LogP contribution is -2.57. The van der Waals surface area contributed by atoms with E-state index < -0.39 is 35.5 Å². The Kier molecular flexibility index (Phi) is 5.74. The molecule has 2 amide bonds. The van der Waals surface area contributed by atoms with E-state index >= 15 is 0 Å². The third-order valence-corrected chi connectivity index (χ3v) is 3.43. The maximum Gasteiger partial charge on any atom is 0.433 e. The second kappa shape index (κ2) is 7.48. The number of carbonyl (C=O) groups excluding carboxylic acids is 2. The molecule has 1 fully saturated rings. The molecule has 0 aliphatic carbocycles. The quantitative estimate of drug-likeness (QED) is 0.830. The Morgan fingerprint density at radius 2 is 2.00 bits per heavy atom. The molecule has 2 rings (SSSR count). The summed E-state index contributed by atoms with van der Waals surface area (Å²) in [6.07, 6.45) is -5.15. The Balaban J connectivity index is 2.00. The van der Waals surface area contributed by atoms with Crippen LogP contribution < -0.4 is 10.6 Å². The summed E-state index contributed by atoms with van der Waals surface area (Å²) in [4.78, 5) is 29.2. The highest BCUT2D eigenvalue weighted by Gasteiger charge is 2.33. The number of hydrogen-bond acceptors (Lipinski definition) is 5. The third-order valence-electron chi connectivity index (χ3n) is 3.43. The highest BCUT2D eigenvalue weighted by molar-refractivity contribution is 5.94. The average molecular weight is 374 g/mol. The Bertz CT molecular complexity index is 673. The first-order valence-corrected chi connectivity index (χ1v) is 8.02. The van der Waals surface area contributed by atoms with E-state index in [0.29, 0.717) is 13.1 Å². The Labute approximate surface area is 148 Å². The number of hydrogen-bond donors (Lipinski definition) is 2. The number of pyridine rings is 1. The van der Waals surface area contributed by atoms with Crippen LogP contribution in [0.2, 0.25) is 0 Å². The monoisotopic (exact) mass is 374 g/mol. The first-order chi connectivity index (χ1) is 12.0. The number of piperazine rings is 1. The fraction of sp³-hybridized carbons (Fsp3) is 0.562. The van der Waals surface area contributed by atoms with Gasteiger partial charge in [0.1, 0.15) is 23.2 Å². The summed E-state index contributed by atoms with van der Waals surface area (Å²) < 4.78 is 43.3. The molecule has 1 aromatic heterocycles. The van der Waals surface area contributed by atoms with E-state index in [1.807, 2.05) is 0 Å². The first kappa shape index (κ1) is 20.0. The van der Waals surface area contributed by atoms with E-state index in [4.69, 9.17) is 4.74 Å². The molecule has 26 heavy (non-hydrogen) atoms. The van der Waals surface area contributed by atoms with E-state index in [9.17, 15) is 22.8 Å². The van der Waals surface area contributed by atoms with Crippen molar-refractivity contribution in [2.45, 2.75) is 38.6 Å². The predicted octanol–water partition coefficient (Wildman–Crippen LogP) is 2.25. The Morgan fingerprint density at radius 1 is 1.31 bits per heavy atom. The Morgan fingerprint density at radius 3 is 2.62 bits per heavy atom. The molecule has 2 N–H and O–H groups in total. The standard InChI is InChI=1S/C16H21F3N4O3/c1-15(2,3)26-14(25)23-8-7-20-10(9-23)13(24)22-12-6-4-5-11(21-12)16(17,18)19/h4-6,10,20H,7-9H2,1-3H3,(H,21,22,24)/t10-/m0/s1. The summed E-state index contributed by atoms with van der Waals surface area (Å²) in [7, 11) is 0. The van der Waals surface area contributed by atoms with Crippen molar-refractivity contribution in [3.05, 3.63) is 23.9 Å². The van der Waals surface area contributed by atoms with Crippen LogP contribution in [-0.2, 0) is 15.7 Å². The minimum atomic E-state index is -4.60. The van der Waals surface area contributed by atoms with Crippen molar-refractivity contribution in [1.82, 2.24) is 15.2 Å². The molecule has 1 atom stereocenters. The molecule has 1 aliphatic heterocycles. The first-order valence-electron chi connectivity index (χ1n) is 8.02. The van der Waals surface area contributed by atoms with Gasteiger partial charge in [0.25, 0.3) is 0 Å². The van der Waals surface area contributed by atoms with Crippen molar-refractivity contribution < 1.29 is 27.5 Å². The van der Waals surface area contributed by atoms with Gasteiger partial charge in [0.15, 0.2) is 0 Å². The molecule has 0 unspecified atom stereocenters. The zero-order chi connectivity index (χ0) is 19.5. The van der Waals surface area contributed by atoms with Crippen LogP contribution in [0.25, 0.3) is 0 Å². The molecule has 1 saturated heterocycles. The van der Waals surface area contributed by atoms with Gasteiger partial charge in [0.2, 0.25) is 5.91 Å². The molecule has 1 aromatic rings. The minimum absolute atomic E-state index is 0.0414. The molecule has 0 aromatic carbocycles. The number of amides is 2. The maximum atomic E-state index is 12.7. The van der Waals surface area contributed by atoms with Crippen molar-refractivity contribution in [3.8, 4) is 0 Å². The summed E-state index contributed by atoms with van der Waals surface area (Å²) in [6.45, 7) is 5.96. The van der Waals surface area contributed by atoms with E-state index in [1.54, 1.807) is 20.8 Å². The number of halogens is 3. The van der Waals surface area contributed by atoms with Crippen molar-refractivity contribution >= 4 is 17.8 Å². The highest BCUT2D eigenvalue weighted by atomic mass is 19.4. The second-order valence-electron chi connectivity index (χ2n) is 6.83. The molecular weight excluding hydrogens is 353 g/mol. The fourth-order valence-electron chi connectivity index (χ4n) is 2.29. The molecule has 0 spiro atoms. The lowest BCUT2D eigenvalue weighted by molar-refractivity contribution is -0.141. The number of rotatable bonds is 2. The van der Waals surface area contributed by atoms with E-state index in [-0.39, 0.29) is 12.4 Å². The average Bonchev–Trinajstić information content (AvgIpc) is 2.53. The SMILES string of the molecule is CC(C)(C)OC(=O)N1CCN[C@H](C(=O)Nc2cccc(C(F)(F)F)n2)C1. The molecule has 7 nitrogen and oxygen atoms in total. The molecule has 0 bridgehead atoms. The van der Waals surface area contributed by atoms with Crippen LogP contribution in [0.1, 0.15) is 26.5 Å². The number of anilines is 1. The molecule has 1 aliphatic rings. The van der Waals surface area contributed by atoms with Crippen molar-refractivity contribution in [1.29, 1.82) is 0 Å². The normalized spacial score (nSPS) is 18.4. The second-order valence-corrected chi connectivity index (χ2v) is 6.83. The molecule has 0 saturated carbocycles. The third kappa shape index (κ3) is 5.58. The molecule has 144 valence electrons. The summed E-state index contributed by atoms with van der Waals surface area (Å²) in [5.41, 5.74) is -1.76.